The Labute approximate surface area is 147 Å². The Morgan fingerprint density at radius 3 is 2.96 bits per heavy atom. The lowest BCUT2D eigenvalue weighted by Gasteiger charge is -2.23. The van der Waals surface area contributed by atoms with Crippen molar-refractivity contribution in [1.82, 2.24) is 10.6 Å². The van der Waals surface area contributed by atoms with Crippen LogP contribution in [-0.2, 0) is 5.54 Å². The first-order chi connectivity index (χ1) is 11.7. The molecule has 0 aliphatic carbocycles. The van der Waals surface area contributed by atoms with Gasteiger partial charge in [-0.3, -0.25) is 15.6 Å². The zero-order valence-corrected chi connectivity index (χ0v) is 14.3. The fourth-order valence-electron chi connectivity index (χ4n) is 3.49. The molecule has 2 aliphatic heterocycles. The van der Waals surface area contributed by atoms with E-state index in [0.29, 0.717) is 0 Å². The van der Waals surface area contributed by atoms with E-state index < -0.39 is 0 Å². The lowest BCUT2D eigenvalue weighted by atomic mass is 9.92. The molecule has 0 amide bonds. The zero-order valence-electron chi connectivity index (χ0n) is 13.6. The topological polar surface area (TPSA) is 36.4 Å². The smallest absolute Gasteiger partial charge is 0.0954 e. The molecular weight excluding hydrogens is 318 g/mol. The molecule has 4 heteroatoms. The summed E-state index contributed by atoms with van der Waals surface area (Å²) in [6.07, 6.45) is 7.52. The standard InChI is InChI=1S/C20H20ClN3/c1-14-10-16(21)11-17-19(14)23-13-20(17)12-22-18(24-20)9-5-8-15-6-3-2-4-7-15/h2-8,10-11,13,18,22,24H,9,12H2,1H3/t18-,20?/m1/s1. The summed E-state index contributed by atoms with van der Waals surface area (Å²) in [7, 11) is 0. The van der Waals surface area contributed by atoms with Gasteiger partial charge in [-0.1, -0.05) is 54.1 Å². The molecule has 4 rings (SSSR count). The first-order valence-corrected chi connectivity index (χ1v) is 8.63. The Kier molecular flexibility index (Phi) is 4.01. The summed E-state index contributed by atoms with van der Waals surface area (Å²) in [5.74, 6) is 0. The Morgan fingerprint density at radius 1 is 1.29 bits per heavy atom. The quantitative estimate of drug-likeness (QED) is 0.881. The van der Waals surface area contributed by atoms with E-state index in [4.69, 9.17) is 11.6 Å². The van der Waals surface area contributed by atoms with E-state index in [0.717, 1.165) is 29.2 Å². The Morgan fingerprint density at radius 2 is 2.12 bits per heavy atom. The van der Waals surface area contributed by atoms with Crippen LogP contribution in [-0.4, -0.2) is 18.9 Å². The summed E-state index contributed by atoms with van der Waals surface area (Å²) in [6.45, 7) is 2.89. The summed E-state index contributed by atoms with van der Waals surface area (Å²) in [5.41, 5.74) is 4.33. The van der Waals surface area contributed by atoms with Gasteiger partial charge in [0.05, 0.1) is 17.4 Å². The number of nitrogens with one attached hydrogen (secondary N) is 2. The van der Waals surface area contributed by atoms with Crippen molar-refractivity contribution in [3.8, 4) is 0 Å². The second-order valence-corrected chi connectivity index (χ2v) is 6.91. The molecule has 0 bridgehead atoms. The van der Waals surface area contributed by atoms with Gasteiger partial charge in [0.15, 0.2) is 0 Å². The Bertz CT molecular complexity index is 813. The molecule has 2 aromatic rings. The summed E-state index contributed by atoms with van der Waals surface area (Å²) in [4.78, 5) is 4.63. The molecule has 2 N–H and O–H groups in total. The highest BCUT2D eigenvalue weighted by molar-refractivity contribution is 6.31. The number of nitrogens with zero attached hydrogens (tertiary/aromatic N) is 1. The number of benzene rings is 2. The number of hydrogen-bond acceptors (Lipinski definition) is 3. The van der Waals surface area contributed by atoms with Gasteiger partial charge >= 0.3 is 0 Å². The van der Waals surface area contributed by atoms with Gasteiger partial charge in [0.25, 0.3) is 0 Å². The maximum Gasteiger partial charge on any atom is 0.0954 e. The number of fused-ring (bicyclic) bond motifs is 2. The van der Waals surface area contributed by atoms with E-state index in [1.54, 1.807) is 0 Å². The predicted octanol–water partition coefficient (Wildman–Crippen LogP) is 4.18. The van der Waals surface area contributed by atoms with Crippen LogP contribution in [0, 0.1) is 6.92 Å². The van der Waals surface area contributed by atoms with Crippen molar-refractivity contribution in [1.29, 1.82) is 0 Å². The van der Waals surface area contributed by atoms with Crippen molar-refractivity contribution in [2.75, 3.05) is 6.54 Å². The van der Waals surface area contributed by atoms with Crippen molar-refractivity contribution >= 4 is 29.6 Å². The van der Waals surface area contributed by atoms with E-state index >= 15 is 0 Å². The van der Waals surface area contributed by atoms with E-state index in [1.165, 1.54) is 11.1 Å². The van der Waals surface area contributed by atoms with E-state index in [1.807, 2.05) is 24.4 Å². The normalized spacial score (nSPS) is 25.0. The molecule has 1 unspecified atom stereocenters. The summed E-state index contributed by atoms with van der Waals surface area (Å²) < 4.78 is 0. The molecule has 122 valence electrons. The van der Waals surface area contributed by atoms with Gasteiger partial charge in [-0.25, -0.2) is 0 Å². The average molecular weight is 338 g/mol. The van der Waals surface area contributed by atoms with Crippen molar-refractivity contribution < 1.29 is 0 Å². The minimum Gasteiger partial charge on any atom is -0.299 e. The largest absolute Gasteiger partial charge is 0.299 e. The van der Waals surface area contributed by atoms with Crippen LogP contribution < -0.4 is 10.6 Å². The van der Waals surface area contributed by atoms with Crippen LogP contribution in [0.3, 0.4) is 0 Å². The van der Waals surface area contributed by atoms with Crippen LogP contribution in [0.5, 0.6) is 0 Å². The van der Waals surface area contributed by atoms with E-state index in [9.17, 15) is 0 Å². The predicted molar refractivity (Wildman–Crippen MR) is 101 cm³/mol. The van der Waals surface area contributed by atoms with Crippen molar-refractivity contribution in [2.24, 2.45) is 4.99 Å². The molecule has 0 radical (unpaired) electrons. The highest BCUT2D eigenvalue weighted by atomic mass is 35.5. The monoisotopic (exact) mass is 337 g/mol. The third-order valence-electron chi connectivity index (χ3n) is 4.70. The minimum atomic E-state index is -0.240. The lowest BCUT2D eigenvalue weighted by Crippen LogP contribution is -2.42. The second-order valence-electron chi connectivity index (χ2n) is 6.47. The molecule has 0 saturated carbocycles. The van der Waals surface area contributed by atoms with Gasteiger partial charge in [0.2, 0.25) is 0 Å². The second kappa shape index (κ2) is 6.17. The molecular formula is C20H20ClN3. The van der Waals surface area contributed by atoms with Gasteiger partial charge in [0, 0.05) is 23.3 Å². The molecule has 0 aromatic heterocycles. The van der Waals surface area contributed by atoms with Crippen LogP contribution in [0.25, 0.3) is 6.08 Å². The van der Waals surface area contributed by atoms with Gasteiger partial charge < -0.3 is 0 Å². The molecule has 3 nitrogen and oxygen atoms in total. The molecule has 2 aliphatic rings. The van der Waals surface area contributed by atoms with E-state index in [-0.39, 0.29) is 11.7 Å². The molecule has 24 heavy (non-hydrogen) atoms. The third-order valence-corrected chi connectivity index (χ3v) is 4.92. The summed E-state index contributed by atoms with van der Waals surface area (Å²) in [6, 6.07) is 14.4. The number of hydrogen-bond donors (Lipinski definition) is 2. The van der Waals surface area contributed by atoms with Gasteiger partial charge in [-0.05, 0) is 36.6 Å². The Hall–Kier alpha value is -1.94. The Balaban J connectivity index is 1.48. The number of halogens is 1. The van der Waals surface area contributed by atoms with Crippen molar-refractivity contribution in [3.63, 3.8) is 0 Å². The fraction of sp³-hybridized carbons (Fsp3) is 0.250. The van der Waals surface area contributed by atoms with Crippen LogP contribution in [0.4, 0.5) is 5.69 Å². The summed E-state index contributed by atoms with van der Waals surface area (Å²) >= 11 is 6.26. The fourth-order valence-corrected chi connectivity index (χ4v) is 3.76. The first-order valence-electron chi connectivity index (χ1n) is 8.25. The molecule has 2 heterocycles. The number of aryl methyl sites for hydroxylation is 1. The van der Waals surface area contributed by atoms with Crippen LogP contribution in [0.2, 0.25) is 5.02 Å². The van der Waals surface area contributed by atoms with Crippen molar-refractivity contribution in [3.05, 3.63) is 70.3 Å². The lowest BCUT2D eigenvalue weighted by molar-refractivity contribution is 0.500. The van der Waals surface area contributed by atoms with Crippen LogP contribution >= 0.6 is 11.6 Å². The minimum absolute atomic E-state index is 0.224. The van der Waals surface area contributed by atoms with Gasteiger partial charge in [-0.2, -0.15) is 0 Å². The molecule has 1 saturated heterocycles. The maximum atomic E-state index is 6.26. The average Bonchev–Trinajstić information content (AvgIpc) is 3.14. The van der Waals surface area contributed by atoms with E-state index in [2.05, 4.69) is 59.0 Å². The molecule has 2 aromatic carbocycles. The molecule has 2 atom stereocenters. The maximum absolute atomic E-state index is 6.26. The molecule has 1 fully saturated rings. The highest BCUT2D eigenvalue weighted by Gasteiger charge is 2.42. The third kappa shape index (κ3) is 2.80. The number of aliphatic imine (C=N–C) groups is 1. The van der Waals surface area contributed by atoms with Gasteiger partial charge in [-0.15, -0.1) is 0 Å². The van der Waals surface area contributed by atoms with Gasteiger partial charge in [0.1, 0.15) is 0 Å². The van der Waals surface area contributed by atoms with Crippen molar-refractivity contribution in [2.45, 2.75) is 25.0 Å². The zero-order chi connectivity index (χ0) is 16.6. The van der Waals surface area contributed by atoms with Crippen LogP contribution in [0.1, 0.15) is 23.1 Å². The first kappa shape index (κ1) is 15.6. The number of rotatable bonds is 3. The van der Waals surface area contributed by atoms with Crippen LogP contribution in [0.15, 0.2) is 53.5 Å². The highest BCUT2D eigenvalue weighted by Crippen LogP contribution is 2.41. The molecule has 1 spiro atoms. The SMILES string of the molecule is Cc1cc(Cl)cc2c1N=CC21CN[C@@H](CC=Cc2ccccc2)N1. The summed E-state index contributed by atoms with van der Waals surface area (Å²) in [5, 5.41) is 8.02.